The molecule has 1 fully saturated rings. The fourth-order valence-electron chi connectivity index (χ4n) is 3.94. The zero-order valence-electron chi connectivity index (χ0n) is 18.3. The number of carbonyl (C=O) groups excluding carboxylic acids is 2. The monoisotopic (exact) mass is 439 g/mol. The SMILES string of the molecule is CC(C#N)NC(=O)C(N)=NCc1ccccc1C(=O)NC1(c2cccc3ccccc23)CC1. The summed E-state index contributed by atoms with van der Waals surface area (Å²) in [5, 5.41) is 16.8. The maximum Gasteiger partial charge on any atom is 0.287 e. The number of nitrogens with zero attached hydrogens (tertiary/aromatic N) is 2. The standard InChI is InChI=1S/C26H25N5O2/c1-17(15-27)30-25(33)23(28)29-16-19-8-3-5-11-21(19)24(32)31-26(13-14-26)22-12-6-9-18-7-2-4-10-20(18)22/h2-12,17H,13-14,16H2,1H3,(H2,28,29)(H,30,33)(H,31,32). The third kappa shape index (κ3) is 4.70. The molecule has 0 bridgehead atoms. The lowest BCUT2D eigenvalue weighted by molar-refractivity contribution is -0.115. The van der Waals surface area contributed by atoms with E-state index in [4.69, 9.17) is 11.0 Å². The van der Waals surface area contributed by atoms with Crippen molar-refractivity contribution in [2.45, 2.75) is 37.9 Å². The molecule has 4 N–H and O–H groups in total. The predicted molar refractivity (Wildman–Crippen MR) is 127 cm³/mol. The van der Waals surface area contributed by atoms with Crippen LogP contribution in [0.1, 0.15) is 41.3 Å². The Bertz CT molecular complexity index is 1280. The van der Waals surface area contributed by atoms with Crippen LogP contribution in [-0.4, -0.2) is 23.7 Å². The molecule has 1 aliphatic carbocycles. The summed E-state index contributed by atoms with van der Waals surface area (Å²) in [4.78, 5) is 29.4. The molecule has 0 aromatic heterocycles. The van der Waals surface area contributed by atoms with Gasteiger partial charge in [0, 0.05) is 5.56 Å². The van der Waals surface area contributed by atoms with Crippen LogP contribution in [0.3, 0.4) is 0 Å². The summed E-state index contributed by atoms with van der Waals surface area (Å²) in [7, 11) is 0. The van der Waals surface area contributed by atoms with Gasteiger partial charge in [-0.1, -0.05) is 60.7 Å². The van der Waals surface area contributed by atoms with Crippen LogP contribution in [0.4, 0.5) is 0 Å². The van der Waals surface area contributed by atoms with Gasteiger partial charge in [-0.2, -0.15) is 5.26 Å². The first-order chi connectivity index (χ1) is 15.9. The lowest BCUT2D eigenvalue weighted by atomic mass is 9.96. The zero-order valence-corrected chi connectivity index (χ0v) is 18.3. The van der Waals surface area contributed by atoms with Gasteiger partial charge < -0.3 is 16.4 Å². The van der Waals surface area contributed by atoms with Crippen molar-refractivity contribution in [3.8, 4) is 6.07 Å². The molecule has 1 atom stereocenters. The van der Waals surface area contributed by atoms with Crippen molar-refractivity contribution in [1.82, 2.24) is 10.6 Å². The van der Waals surface area contributed by atoms with Crippen LogP contribution in [0, 0.1) is 11.3 Å². The van der Waals surface area contributed by atoms with Crippen molar-refractivity contribution < 1.29 is 9.59 Å². The molecule has 0 saturated heterocycles. The first-order valence-electron chi connectivity index (χ1n) is 10.8. The summed E-state index contributed by atoms with van der Waals surface area (Å²) in [6.45, 7) is 1.62. The summed E-state index contributed by atoms with van der Waals surface area (Å²) in [6.07, 6.45) is 1.74. The summed E-state index contributed by atoms with van der Waals surface area (Å²) < 4.78 is 0. The van der Waals surface area contributed by atoms with E-state index in [9.17, 15) is 9.59 Å². The normalized spacial score (nSPS) is 15.3. The Morgan fingerprint density at radius 3 is 2.55 bits per heavy atom. The summed E-state index contributed by atoms with van der Waals surface area (Å²) in [6, 6.07) is 22.7. The van der Waals surface area contributed by atoms with Crippen LogP contribution in [0.5, 0.6) is 0 Å². The van der Waals surface area contributed by atoms with Gasteiger partial charge in [0.25, 0.3) is 11.8 Å². The van der Waals surface area contributed by atoms with Gasteiger partial charge in [0.15, 0.2) is 5.84 Å². The average molecular weight is 440 g/mol. The van der Waals surface area contributed by atoms with E-state index in [0.29, 0.717) is 11.1 Å². The highest BCUT2D eigenvalue weighted by Crippen LogP contribution is 2.48. The van der Waals surface area contributed by atoms with Gasteiger partial charge in [-0.25, -0.2) is 0 Å². The molecular formula is C26H25N5O2. The molecule has 0 spiro atoms. The first kappa shape index (κ1) is 22.0. The second-order valence-corrected chi connectivity index (χ2v) is 8.25. The average Bonchev–Trinajstić information content (AvgIpc) is 3.62. The third-order valence-corrected chi connectivity index (χ3v) is 5.86. The van der Waals surface area contributed by atoms with Gasteiger partial charge in [-0.3, -0.25) is 14.6 Å². The Labute approximate surface area is 192 Å². The molecule has 1 aliphatic rings. The number of hydrogen-bond acceptors (Lipinski definition) is 4. The smallest absolute Gasteiger partial charge is 0.287 e. The number of amidine groups is 1. The Balaban J connectivity index is 1.54. The molecule has 0 aliphatic heterocycles. The van der Waals surface area contributed by atoms with Crippen LogP contribution in [-0.2, 0) is 16.9 Å². The summed E-state index contributed by atoms with van der Waals surface area (Å²) in [5.41, 5.74) is 7.65. The van der Waals surface area contributed by atoms with E-state index in [-0.39, 0.29) is 23.8 Å². The van der Waals surface area contributed by atoms with Gasteiger partial charge in [-0.15, -0.1) is 0 Å². The van der Waals surface area contributed by atoms with E-state index >= 15 is 0 Å². The van der Waals surface area contributed by atoms with E-state index in [1.54, 1.807) is 25.1 Å². The molecular weight excluding hydrogens is 414 g/mol. The third-order valence-electron chi connectivity index (χ3n) is 5.86. The molecule has 33 heavy (non-hydrogen) atoms. The Hall–Kier alpha value is -4.18. The minimum atomic E-state index is -0.673. The molecule has 1 unspecified atom stereocenters. The summed E-state index contributed by atoms with van der Waals surface area (Å²) >= 11 is 0. The van der Waals surface area contributed by atoms with Gasteiger partial charge >= 0.3 is 0 Å². The number of hydrogen-bond donors (Lipinski definition) is 3. The Kier molecular flexibility index (Phi) is 6.09. The number of benzene rings is 3. The highest BCUT2D eigenvalue weighted by Gasteiger charge is 2.46. The van der Waals surface area contributed by atoms with Gasteiger partial charge in [0.05, 0.1) is 18.2 Å². The quantitative estimate of drug-likeness (QED) is 0.404. The molecule has 1 saturated carbocycles. The maximum absolute atomic E-state index is 13.3. The van der Waals surface area contributed by atoms with E-state index in [1.807, 2.05) is 30.3 Å². The molecule has 3 aromatic rings. The van der Waals surface area contributed by atoms with E-state index in [1.165, 1.54) is 0 Å². The van der Waals surface area contributed by atoms with Gasteiger partial charge in [-0.05, 0) is 47.7 Å². The number of nitriles is 1. The van der Waals surface area contributed by atoms with E-state index in [0.717, 1.165) is 29.2 Å². The number of nitrogens with one attached hydrogen (secondary N) is 2. The number of amides is 2. The molecule has 0 radical (unpaired) electrons. The number of nitrogens with two attached hydrogens (primary N) is 1. The second-order valence-electron chi connectivity index (χ2n) is 8.25. The van der Waals surface area contributed by atoms with Crippen LogP contribution < -0.4 is 16.4 Å². The van der Waals surface area contributed by atoms with Crippen LogP contribution in [0.2, 0.25) is 0 Å². The van der Waals surface area contributed by atoms with Crippen molar-refractivity contribution in [3.05, 3.63) is 83.4 Å². The number of carbonyl (C=O) groups is 2. The number of rotatable bonds is 6. The molecule has 3 aromatic carbocycles. The van der Waals surface area contributed by atoms with Crippen LogP contribution in [0.15, 0.2) is 71.7 Å². The van der Waals surface area contributed by atoms with Crippen molar-refractivity contribution in [2.75, 3.05) is 0 Å². The molecule has 166 valence electrons. The lowest BCUT2D eigenvalue weighted by Crippen LogP contribution is -2.40. The number of aliphatic imine (C=N–C) groups is 1. The zero-order chi connectivity index (χ0) is 23.4. The molecule has 7 nitrogen and oxygen atoms in total. The second kappa shape index (κ2) is 9.13. The van der Waals surface area contributed by atoms with Crippen molar-refractivity contribution in [3.63, 3.8) is 0 Å². The topological polar surface area (TPSA) is 120 Å². The number of fused-ring (bicyclic) bond motifs is 1. The highest BCUT2D eigenvalue weighted by atomic mass is 16.2. The molecule has 2 amide bonds. The van der Waals surface area contributed by atoms with Crippen LogP contribution >= 0.6 is 0 Å². The van der Waals surface area contributed by atoms with Crippen molar-refractivity contribution in [1.29, 1.82) is 5.26 Å². The fraction of sp³-hybridized carbons (Fsp3) is 0.231. The Morgan fingerprint density at radius 2 is 1.79 bits per heavy atom. The Morgan fingerprint density at radius 1 is 1.09 bits per heavy atom. The van der Waals surface area contributed by atoms with Gasteiger partial charge in [0.2, 0.25) is 0 Å². The molecule has 7 heteroatoms. The van der Waals surface area contributed by atoms with Gasteiger partial charge in [0.1, 0.15) is 6.04 Å². The predicted octanol–water partition coefficient (Wildman–Crippen LogP) is 3.14. The largest absolute Gasteiger partial charge is 0.379 e. The minimum absolute atomic E-state index is 0.0745. The molecule has 4 rings (SSSR count). The fourth-order valence-corrected chi connectivity index (χ4v) is 3.94. The van der Waals surface area contributed by atoms with Crippen molar-refractivity contribution in [2.24, 2.45) is 10.7 Å². The first-order valence-corrected chi connectivity index (χ1v) is 10.8. The highest BCUT2D eigenvalue weighted by molar-refractivity contribution is 6.37. The van der Waals surface area contributed by atoms with Crippen molar-refractivity contribution >= 4 is 28.4 Å². The minimum Gasteiger partial charge on any atom is -0.379 e. The molecule has 0 heterocycles. The summed E-state index contributed by atoms with van der Waals surface area (Å²) in [5.74, 6) is -1.03. The van der Waals surface area contributed by atoms with E-state index < -0.39 is 11.9 Å². The maximum atomic E-state index is 13.3. The van der Waals surface area contributed by atoms with E-state index in [2.05, 4.69) is 39.9 Å². The lowest BCUT2D eigenvalue weighted by Gasteiger charge is -2.21. The van der Waals surface area contributed by atoms with Crippen LogP contribution in [0.25, 0.3) is 10.8 Å².